The smallest absolute Gasteiger partial charge is 0.475 e. The lowest BCUT2D eigenvalue weighted by Crippen LogP contribution is -2.48. The summed E-state index contributed by atoms with van der Waals surface area (Å²) in [4.78, 5) is 40.5. The van der Waals surface area contributed by atoms with E-state index in [9.17, 15) is 22.8 Å². The number of aryl methyl sites for hydroxylation is 1. The van der Waals surface area contributed by atoms with Crippen LogP contribution in [0.3, 0.4) is 0 Å². The lowest BCUT2D eigenvalue weighted by molar-refractivity contribution is -0.192. The summed E-state index contributed by atoms with van der Waals surface area (Å²) in [6, 6.07) is 14.0. The fraction of sp³-hybridized carbons (Fsp3) is 0.444. The molecular formula is C27H31ClF3N3O4. The second kappa shape index (κ2) is 11.7. The second-order valence-corrected chi connectivity index (χ2v) is 10.4. The number of alkyl halides is 3. The molecule has 0 bridgehead atoms. The highest BCUT2D eigenvalue weighted by atomic mass is 35.5. The van der Waals surface area contributed by atoms with E-state index in [0.29, 0.717) is 37.6 Å². The molecule has 1 spiro atoms. The number of aliphatic carboxylic acids is 1. The number of fused-ring (bicyclic) bond motifs is 2. The molecule has 1 N–H and O–H groups in total. The van der Waals surface area contributed by atoms with Gasteiger partial charge in [0.2, 0.25) is 11.8 Å². The number of hydrogen-bond donors (Lipinski definition) is 1. The Morgan fingerprint density at radius 1 is 1.03 bits per heavy atom. The van der Waals surface area contributed by atoms with E-state index in [1.54, 1.807) is 0 Å². The van der Waals surface area contributed by atoms with E-state index in [1.807, 2.05) is 78.2 Å². The third-order valence-electron chi connectivity index (χ3n) is 6.83. The van der Waals surface area contributed by atoms with Gasteiger partial charge in [-0.25, -0.2) is 4.79 Å². The predicted molar refractivity (Wildman–Crippen MR) is 138 cm³/mol. The average molecular weight is 554 g/mol. The molecule has 206 valence electrons. The number of nitrogens with zero attached hydrogens (tertiary/aromatic N) is 3. The zero-order chi connectivity index (χ0) is 28.3. The minimum Gasteiger partial charge on any atom is -0.475 e. The summed E-state index contributed by atoms with van der Waals surface area (Å²) in [5.41, 5.74) is 4.23. The molecule has 0 atom stereocenters. The quantitative estimate of drug-likeness (QED) is 0.611. The van der Waals surface area contributed by atoms with Crippen LogP contribution in [-0.2, 0) is 26.2 Å². The largest absolute Gasteiger partial charge is 0.490 e. The highest BCUT2D eigenvalue weighted by molar-refractivity contribution is 6.30. The summed E-state index contributed by atoms with van der Waals surface area (Å²) in [5, 5.41) is 7.82. The Balaban J connectivity index is 0.000000505. The van der Waals surface area contributed by atoms with Crippen LogP contribution in [0, 0.1) is 6.92 Å². The molecule has 2 aromatic rings. The van der Waals surface area contributed by atoms with Crippen LogP contribution in [0.5, 0.6) is 0 Å². The normalized spacial score (nSPS) is 16.2. The summed E-state index contributed by atoms with van der Waals surface area (Å²) in [6.45, 7) is 4.49. The Hall–Kier alpha value is -3.11. The van der Waals surface area contributed by atoms with Crippen molar-refractivity contribution in [3.8, 4) is 0 Å². The molecule has 38 heavy (non-hydrogen) atoms. The topological polar surface area (TPSA) is 81.2 Å². The molecule has 2 aliphatic rings. The molecule has 4 rings (SSSR count). The molecule has 2 heterocycles. The molecule has 0 aromatic heterocycles. The molecule has 0 aliphatic carbocycles. The number of hydrogen-bond acceptors (Lipinski definition) is 4. The lowest BCUT2D eigenvalue weighted by atomic mass is 9.74. The Morgan fingerprint density at radius 3 is 2.13 bits per heavy atom. The number of anilines is 1. The van der Waals surface area contributed by atoms with Gasteiger partial charge in [0.05, 0.1) is 13.0 Å². The molecule has 2 aliphatic heterocycles. The average Bonchev–Trinajstić information content (AvgIpc) is 3.13. The third kappa shape index (κ3) is 7.05. The molecule has 2 aromatic carbocycles. The number of piperidine rings is 1. The number of carbonyl (C=O) groups is 3. The lowest BCUT2D eigenvalue weighted by Gasteiger charge is -2.40. The summed E-state index contributed by atoms with van der Waals surface area (Å²) < 4.78 is 31.7. The number of carboxylic acid groups (broad SMARTS) is 1. The summed E-state index contributed by atoms with van der Waals surface area (Å²) in [7, 11) is 3.81. The number of likely N-dealkylation sites (tertiary alicyclic amines) is 1. The number of carbonyl (C=O) groups excluding carboxylic acids is 2. The van der Waals surface area contributed by atoms with Crippen LogP contribution in [0.25, 0.3) is 0 Å². The number of amides is 2. The van der Waals surface area contributed by atoms with Gasteiger partial charge in [-0.3, -0.25) is 9.59 Å². The molecule has 2 amide bonds. The molecule has 0 radical (unpaired) electrons. The second-order valence-electron chi connectivity index (χ2n) is 10.0. The van der Waals surface area contributed by atoms with Crippen molar-refractivity contribution >= 4 is 35.1 Å². The van der Waals surface area contributed by atoms with Gasteiger partial charge in [-0.2, -0.15) is 13.2 Å². The van der Waals surface area contributed by atoms with Crippen LogP contribution in [0.4, 0.5) is 18.9 Å². The Bertz CT molecular complexity index is 1180. The Labute approximate surface area is 224 Å². The van der Waals surface area contributed by atoms with Crippen LogP contribution >= 0.6 is 11.6 Å². The highest BCUT2D eigenvalue weighted by Gasteiger charge is 2.47. The van der Waals surface area contributed by atoms with Crippen molar-refractivity contribution in [1.29, 1.82) is 0 Å². The van der Waals surface area contributed by atoms with Crippen LogP contribution in [0.15, 0.2) is 42.5 Å². The maximum Gasteiger partial charge on any atom is 0.490 e. The van der Waals surface area contributed by atoms with Gasteiger partial charge in [0.25, 0.3) is 0 Å². The standard InChI is InChI=1S/C25H30ClN3O2.C2HF3O2/c1-18-4-6-19(7-5-18)14-23(30)28-12-10-25(11-13-28)17-29(24(31)16-27(2)3)22-9-8-20(26)15-21(22)25;3-2(4,5)1(6)7/h4-9,15H,10-14,16-17H2,1-3H3;(H,6,7). The molecule has 11 heteroatoms. The van der Waals surface area contributed by atoms with Gasteiger partial charge >= 0.3 is 12.1 Å². The first kappa shape index (κ1) is 29.4. The number of benzene rings is 2. The maximum atomic E-state index is 12.9. The van der Waals surface area contributed by atoms with Crippen molar-refractivity contribution in [2.24, 2.45) is 0 Å². The predicted octanol–water partition coefficient (Wildman–Crippen LogP) is 4.29. The zero-order valence-electron chi connectivity index (χ0n) is 21.5. The van der Waals surface area contributed by atoms with Crippen LogP contribution in [0.1, 0.15) is 29.5 Å². The van der Waals surface area contributed by atoms with E-state index >= 15 is 0 Å². The molecule has 7 nitrogen and oxygen atoms in total. The van der Waals surface area contributed by atoms with E-state index < -0.39 is 12.1 Å². The van der Waals surface area contributed by atoms with Crippen LogP contribution in [0.2, 0.25) is 5.02 Å². The van der Waals surface area contributed by atoms with E-state index in [4.69, 9.17) is 21.5 Å². The first-order valence-electron chi connectivity index (χ1n) is 12.1. The van der Waals surface area contributed by atoms with E-state index in [2.05, 4.69) is 0 Å². The monoisotopic (exact) mass is 553 g/mol. The fourth-order valence-electron chi connectivity index (χ4n) is 4.82. The molecule has 0 saturated carbocycles. The van der Waals surface area contributed by atoms with Gasteiger partial charge in [0, 0.05) is 35.8 Å². The fourth-order valence-corrected chi connectivity index (χ4v) is 5.00. The molecule has 0 unspecified atom stereocenters. The van der Waals surface area contributed by atoms with Gasteiger partial charge in [0.15, 0.2) is 0 Å². The minimum atomic E-state index is -5.08. The van der Waals surface area contributed by atoms with Crippen molar-refractivity contribution in [3.05, 3.63) is 64.2 Å². The van der Waals surface area contributed by atoms with Crippen molar-refractivity contribution in [2.75, 3.05) is 45.2 Å². The highest BCUT2D eigenvalue weighted by Crippen LogP contribution is 2.48. The number of likely N-dealkylation sites (N-methyl/N-ethyl adjacent to an activating group) is 1. The summed E-state index contributed by atoms with van der Waals surface area (Å²) in [6.07, 6.45) is -2.97. The van der Waals surface area contributed by atoms with E-state index in [1.165, 1.54) is 5.56 Å². The number of carboxylic acids is 1. The third-order valence-corrected chi connectivity index (χ3v) is 7.06. The van der Waals surface area contributed by atoms with Crippen molar-refractivity contribution in [2.45, 2.75) is 37.8 Å². The first-order valence-corrected chi connectivity index (χ1v) is 12.5. The van der Waals surface area contributed by atoms with Crippen LogP contribution < -0.4 is 4.90 Å². The minimum absolute atomic E-state index is 0.100. The van der Waals surface area contributed by atoms with Crippen LogP contribution in [-0.4, -0.2) is 79.1 Å². The van der Waals surface area contributed by atoms with Gasteiger partial charge < -0.3 is 19.8 Å². The van der Waals surface area contributed by atoms with Crippen molar-refractivity contribution < 1.29 is 32.7 Å². The molecule has 1 fully saturated rings. The van der Waals surface area contributed by atoms with Crippen molar-refractivity contribution in [1.82, 2.24) is 9.80 Å². The van der Waals surface area contributed by atoms with Gasteiger partial charge in [0.1, 0.15) is 0 Å². The zero-order valence-corrected chi connectivity index (χ0v) is 22.3. The Morgan fingerprint density at radius 2 is 1.61 bits per heavy atom. The van der Waals surface area contributed by atoms with E-state index in [-0.39, 0.29) is 17.2 Å². The van der Waals surface area contributed by atoms with Gasteiger partial charge in [-0.1, -0.05) is 41.4 Å². The maximum absolute atomic E-state index is 12.9. The Kier molecular flexibility index (Phi) is 9.09. The number of rotatable bonds is 4. The van der Waals surface area contributed by atoms with Gasteiger partial charge in [-0.15, -0.1) is 0 Å². The van der Waals surface area contributed by atoms with Crippen molar-refractivity contribution in [3.63, 3.8) is 0 Å². The summed E-state index contributed by atoms with van der Waals surface area (Å²) >= 11 is 6.34. The number of halogens is 4. The summed E-state index contributed by atoms with van der Waals surface area (Å²) in [5.74, 6) is -2.49. The SMILES string of the molecule is Cc1ccc(CC(=O)N2CCC3(CC2)CN(C(=O)CN(C)C)c2ccc(Cl)cc23)cc1.O=C(O)C(F)(F)F. The van der Waals surface area contributed by atoms with Gasteiger partial charge in [-0.05, 0) is 63.2 Å². The van der Waals surface area contributed by atoms with E-state index in [0.717, 1.165) is 29.7 Å². The molecule has 1 saturated heterocycles. The molecular weight excluding hydrogens is 523 g/mol. The first-order chi connectivity index (χ1) is 17.7.